The number of pyridine rings is 1. The van der Waals surface area contributed by atoms with Gasteiger partial charge in [-0.1, -0.05) is 6.07 Å². The van der Waals surface area contributed by atoms with Crippen LogP contribution in [0.25, 0.3) is 0 Å². The first-order valence-corrected chi connectivity index (χ1v) is 7.29. The van der Waals surface area contributed by atoms with Crippen molar-refractivity contribution in [3.8, 4) is 0 Å². The molecule has 4 heteroatoms. The van der Waals surface area contributed by atoms with Crippen molar-refractivity contribution >= 4 is 0 Å². The zero-order valence-electron chi connectivity index (χ0n) is 11.6. The van der Waals surface area contributed by atoms with Crippen molar-refractivity contribution in [1.82, 2.24) is 9.88 Å². The molecule has 19 heavy (non-hydrogen) atoms. The molecule has 1 aromatic rings. The molecular formula is C15H23N3O. The van der Waals surface area contributed by atoms with E-state index in [0.717, 1.165) is 18.8 Å². The topological polar surface area (TPSA) is 51.4 Å². The standard InChI is InChI=1S/C15H23N3O/c1-11-5-6-12(10-17-11)14(9-16)18-7-8-19-15-4-2-3-13(15)18/h5-6,10,13-15H,2-4,7-9,16H2,1H3. The summed E-state index contributed by atoms with van der Waals surface area (Å²) >= 11 is 0. The van der Waals surface area contributed by atoms with Gasteiger partial charge in [-0.3, -0.25) is 9.88 Å². The fraction of sp³-hybridized carbons (Fsp3) is 0.667. The molecule has 2 fully saturated rings. The van der Waals surface area contributed by atoms with Gasteiger partial charge < -0.3 is 10.5 Å². The van der Waals surface area contributed by atoms with E-state index in [2.05, 4.69) is 22.0 Å². The van der Waals surface area contributed by atoms with Crippen LogP contribution >= 0.6 is 0 Å². The summed E-state index contributed by atoms with van der Waals surface area (Å²) in [6.07, 6.45) is 6.10. The average Bonchev–Trinajstić information content (AvgIpc) is 2.91. The van der Waals surface area contributed by atoms with Crippen LogP contribution in [0.15, 0.2) is 18.3 Å². The fourth-order valence-corrected chi connectivity index (χ4v) is 3.48. The van der Waals surface area contributed by atoms with Gasteiger partial charge in [-0.2, -0.15) is 0 Å². The molecule has 0 radical (unpaired) electrons. The molecule has 0 amide bonds. The summed E-state index contributed by atoms with van der Waals surface area (Å²) < 4.78 is 5.88. The second-order valence-electron chi connectivity index (χ2n) is 5.63. The van der Waals surface area contributed by atoms with Gasteiger partial charge in [0, 0.05) is 37.1 Å². The molecule has 2 heterocycles. The Balaban J connectivity index is 1.82. The molecule has 3 rings (SSSR count). The number of aromatic nitrogens is 1. The summed E-state index contributed by atoms with van der Waals surface area (Å²) in [5, 5.41) is 0. The Morgan fingerprint density at radius 1 is 1.47 bits per heavy atom. The molecule has 3 atom stereocenters. The number of fused-ring (bicyclic) bond motifs is 1. The first-order valence-electron chi connectivity index (χ1n) is 7.29. The highest BCUT2D eigenvalue weighted by molar-refractivity contribution is 5.18. The number of nitrogens with zero attached hydrogens (tertiary/aromatic N) is 2. The Hall–Kier alpha value is -0.970. The average molecular weight is 261 g/mol. The minimum absolute atomic E-state index is 0.280. The maximum Gasteiger partial charge on any atom is 0.0731 e. The van der Waals surface area contributed by atoms with Crippen LogP contribution in [0.3, 0.4) is 0 Å². The molecule has 1 saturated carbocycles. The predicted molar refractivity (Wildman–Crippen MR) is 74.9 cm³/mol. The molecule has 0 aromatic carbocycles. The van der Waals surface area contributed by atoms with Crippen molar-refractivity contribution in [3.63, 3.8) is 0 Å². The van der Waals surface area contributed by atoms with Crippen LogP contribution in [0, 0.1) is 6.92 Å². The van der Waals surface area contributed by atoms with Crippen molar-refractivity contribution in [2.45, 2.75) is 44.4 Å². The molecule has 1 aliphatic carbocycles. The molecule has 0 bridgehead atoms. The number of hydrogen-bond donors (Lipinski definition) is 1. The second-order valence-corrected chi connectivity index (χ2v) is 5.63. The van der Waals surface area contributed by atoms with Crippen molar-refractivity contribution in [2.24, 2.45) is 5.73 Å². The lowest BCUT2D eigenvalue weighted by atomic mass is 10.0. The Labute approximate surface area is 115 Å². The Bertz CT molecular complexity index is 420. The normalized spacial score (nSPS) is 29.2. The van der Waals surface area contributed by atoms with Crippen LogP contribution in [0.1, 0.15) is 36.6 Å². The van der Waals surface area contributed by atoms with Crippen LogP contribution in [0.4, 0.5) is 0 Å². The van der Waals surface area contributed by atoms with Crippen LogP contribution in [-0.2, 0) is 4.74 Å². The lowest BCUT2D eigenvalue weighted by Crippen LogP contribution is -2.51. The summed E-state index contributed by atoms with van der Waals surface area (Å²) in [4.78, 5) is 6.96. The van der Waals surface area contributed by atoms with E-state index in [-0.39, 0.29) is 6.04 Å². The summed E-state index contributed by atoms with van der Waals surface area (Å²) in [6.45, 7) is 4.48. The molecular weight excluding hydrogens is 238 g/mol. The summed E-state index contributed by atoms with van der Waals surface area (Å²) in [6, 6.07) is 5.07. The largest absolute Gasteiger partial charge is 0.375 e. The molecule has 2 N–H and O–H groups in total. The highest BCUT2D eigenvalue weighted by atomic mass is 16.5. The molecule has 4 nitrogen and oxygen atoms in total. The highest BCUT2D eigenvalue weighted by Crippen LogP contribution is 2.34. The van der Waals surface area contributed by atoms with Crippen molar-refractivity contribution in [1.29, 1.82) is 0 Å². The van der Waals surface area contributed by atoms with E-state index in [9.17, 15) is 0 Å². The van der Waals surface area contributed by atoms with Crippen molar-refractivity contribution in [2.75, 3.05) is 19.7 Å². The van der Waals surface area contributed by atoms with E-state index in [4.69, 9.17) is 10.5 Å². The number of morpholine rings is 1. The molecule has 2 aliphatic rings. The van der Waals surface area contributed by atoms with Gasteiger partial charge in [0.25, 0.3) is 0 Å². The summed E-state index contributed by atoms with van der Waals surface area (Å²) in [5.74, 6) is 0. The zero-order chi connectivity index (χ0) is 13.2. The fourth-order valence-electron chi connectivity index (χ4n) is 3.48. The molecule has 104 valence electrons. The monoisotopic (exact) mass is 261 g/mol. The highest BCUT2D eigenvalue weighted by Gasteiger charge is 2.39. The third-order valence-corrected chi connectivity index (χ3v) is 4.47. The Morgan fingerprint density at radius 3 is 3.11 bits per heavy atom. The lowest BCUT2D eigenvalue weighted by molar-refractivity contribution is -0.0711. The van der Waals surface area contributed by atoms with E-state index < -0.39 is 0 Å². The quantitative estimate of drug-likeness (QED) is 0.899. The van der Waals surface area contributed by atoms with Crippen LogP contribution in [0.2, 0.25) is 0 Å². The number of rotatable bonds is 3. The van der Waals surface area contributed by atoms with E-state index in [1.165, 1.54) is 24.8 Å². The number of aryl methyl sites for hydroxylation is 1. The van der Waals surface area contributed by atoms with Gasteiger partial charge in [-0.05, 0) is 37.8 Å². The first-order chi connectivity index (χ1) is 9.29. The Kier molecular flexibility index (Phi) is 3.82. The van der Waals surface area contributed by atoms with Crippen LogP contribution in [-0.4, -0.2) is 41.7 Å². The third-order valence-electron chi connectivity index (χ3n) is 4.47. The van der Waals surface area contributed by atoms with Gasteiger partial charge >= 0.3 is 0 Å². The van der Waals surface area contributed by atoms with Crippen LogP contribution < -0.4 is 5.73 Å². The lowest BCUT2D eigenvalue weighted by Gasteiger charge is -2.42. The summed E-state index contributed by atoms with van der Waals surface area (Å²) in [5.41, 5.74) is 8.34. The maximum atomic E-state index is 6.05. The first kappa shape index (κ1) is 13.0. The molecule has 1 saturated heterocycles. The van der Waals surface area contributed by atoms with Gasteiger partial charge in [-0.15, -0.1) is 0 Å². The molecule has 1 aliphatic heterocycles. The van der Waals surface area contributed by atoms with Crippen molar-refractivity contribution in [3.05, 3.63) is 29.6 Å². The predicted octanol–water partition coefficient (Wildman–Crippen LogP) is 1.64. The van der Waals surface area contributed by atoms with E-state index in [1.807, 2.05) is 13.1 Å². The van der Waals surface area contributed by atoms with Crippen LogP contribution in [0.5, 0.6) is 0 Å². The van der Waals surface area contributed by atoms with E-state index in [0.29, 0.717) is 18.7 Å². The number of hydrogen-bond acceptors (Lipinski definition) is 4. The van der Waals surface area contributed by atoms with Gasteiger partial charge in [0.05, 0.1) is 12.7 Å². The third kappa shape index (κ3) is 2.53. The van der Waals surface area contributed by atoms with Crippen molar-refractivity contribution < 1.29 is 4.74 Å². The SMILES string of the molecule is Cc1ccc(C(CN)N2CCOC3CCCC32)cn1. The van der Waals surface area contributed by atoms with Gasteiger partial charge in [-0.25, -0.2) is 0 Å². The Morgan fingerprint density at radius 2 is 2.37 bits per heavy atom. The second kappa shape index (κ2) is 5.57. The molecule has 1 aromatic heterocycles. The minimum atomic E-state index is 0.280. The summed E-state index contributed by atoms with van der Waals surface area (Å²) in [7, 11) is 0. The van der Waals surface area contributed by atoms with Gasteiger partial charge in [0.2, 0.25) is 0 Å². The van der Waals surface area contributed by atoms with Gasteiger partial charge in [0.1, 0.15) is 0 Å². The van der Waals surface area contributed by atoms with E-state index >= 15 is 0 Å². The van der Waals surface area contributed by atoms with E-state index in [1.54, 1.807) is 0 Å². The van der Waals surface area contributed by atoms with Gasteiger partial charge in [0.15, 0.2) is 0 Å². The molecule has 3 unspecified atom stereocenters. The number of nitrogens with two attached hydrogens (primary N) is 1. The maximum absolute atomic E-state index is 6.05. The minimum Gasteiger partial charge on any atom is -0.375 e. The number of ether oxygens (including phenoxy) is 1. The zero-order valence-corrected chi connectivity index (χ0v) is 11.6. The smallest absolute Gasteiger partial charge is 0.0731 e. The molecule has 0 spiro atoms.